The zero-order valence-corrected chi connectivity index (χ0v) is 11.9. The molecule has 1 N–H and O–H groups in total. The van der Waals surface area contributed by atoms with E-state index in [4.69, 9.17) is 0 Å². The molecule has 0 aromatic carbocycles. The Morgan fingerprint density at radius 1 is 1.56 bits per heavy atom. The molecule has 1 unspecified atom stereocenters. The maximum atomic E-state index is 4.25. The van der Waals surface area contributed by atoms with Gasteiger partial charge in [0.1, 0.15) is 0 Å². The average Bonchev–Trinajstić information content (AvgIpc) is 3.13. The number of rotatable bonds is 8. The zero-order chi connectivity index (χ0) is 13.0. The van der Waals surface area contributed by atoms with E-state index < -0.39 is 0 Å². The fourth-order valence-corrected chi connectivity index (χ4v) is 2.15. The first-order valence-electron chi connectivity index (χ1n) is 7.14. The molecule has 0 aliphatic heterocycles. The van der Waals surface area contributed by atoms with E-state index in [0.717, 1.165) is 25.7 Å². The monoisotopic (exact) mass is 250 g/mol. The van der Waals surface area contributed by atoms with Gasteiger partial charge in [-0.25, -0.2) is 4.98 Å². The molecule has 102 valence electrons. The summed E-state index contributed by atoms with van der Waals surface area (Å²) in [5.74, 6) is 0. The van der Waals surface area contributed by atoms with Crippen LogP contribution in [0.1, 0.15) is 44.8 Å². The number of hydrogen-bond acceptors (Lipinski definition) is 3. The summed E-state index contributed by atoms with van der Waals surface area (Å²) in [7, 11) is 2.20. The minimum atomic E-state index is 0.670. The van der Waals surface area contributed by atoms with Crippen LogP contribution in [-0.2, 0) is 6.54 Å². The summed E-state index contributed by atoms with van der Waals surface area (Å²) >= 11 is 0. The van der Waals surface area contributed by atoms with E-state index in [1.54, 1.807) is 0 Å². The second-order valence-electron chi connectivity index (χ2n) is 5.44. The van der Waals surface area contributed by atoms with Crippen LogP contribution in [0.5, 0.6) is 0 Å². The van der Waals surface area contributed by atoms with E-state index in [1.165, 1.54) is 25.0 Å². The van der Waals surface area contributed by atoms with Crippen molar-refractivity contribution < 1.29 is 0 Å². The van der Waals surface area contributed by atoms with Crippen LogP contribution in [0.4, 0.5) is 0 Å². The van der Waals surface area contributed by atoms with Gasteiger partial charge in [0, 0.05) is 37.9 Å². The van der Waals surface area contributed by atoms with Gasteiger partial charge in [-0.1, -0.05) is 6.92 Å². The summed E-state index contributed by atoms with van der Waals surface area (Å²) in [5.41, 5.74) is 1.32. The number of nitrogens with one attached hydrogen (secondary N) is 1. The van der Waals surface area contributed by atoms with E-state index in [-0.39, 0.29) is 0 Å². The predicted octanol–water partition coefficient (Wildman–Crippen LogP) is 2.04. The van der Waals surface area contributed by atoms with Crippen LogP contribution >= 0.6 is 0 Å². The van der Waals surface area contributed by atoms with E-state index >= 15 is 0 Å². The molecule has 18 heavy (non-hydrogen) atoms. The van der Waals surface area contributed by atoms with Crippen LogP contribution in [0.25, 0.3) is 0 Å². The molecule has 2 rings (SSSR count). The number of aromatic nitrogens is 2. The van der Waals surface area contributed by atoms with Crippen molar-refractivity contribution in [3.05, 3.63) is 18.2 Å². The lowest BCUT2D eigenvalue weighted by Crippen LogP contribution is -2.35. The molecule has 1 aliphatic carbocycles. The smallest absolute Gasteiger partial charge is 0.0951 e. The minimum Gasteiger partial charge on any atom is -0.330 e. The van der Waals surface area contributed by atoms with Crippen LogP contribution in [0.2, 0.25) is 0 Å². The number of imidazole rings is 1. The standard InChI is InChI=1S/C14H26N4/c1-4-12(2)17(3)8-7-15-9-14-10-16-11-18(14)13-5-6-13/h10-13,15H,4-9H2,1-3H3. The zero-order valence-electron chi connectivity index (χ0n) is 11.9. The lowest BCUT2D eigenvalue weighted by Gasteiger charge is -2.23. The molecule has 4 nitrogen and oxygen atoms in total. The summed E-state index contributed by atoms with van der Waals surface area (Å²) in [5, 5.41) is 3.52. The summed E-state index contributed by atoms with van der Waals surface area (Å²) in [4.78, 5) is 6.66. The van der Waals surface area contributed by atoms with Gasteiger partial charge in [-0.3, -0.25) is 0 Å². The largest absolute Gasteiger partial charge is 0.330 e. The van der Waals surface area contributed by atoms with Crippen molar-refractivity contribution in [1.82, 2.24) is 19.8 Å². The van der Waals surface area contributed by atoms with Crippen LogP contribution < -0.4 is 5.32 Å². The van der Waals surface area contributed by atoms with Gasteiger partial charge in [0.05, 0.1) is 12.0 Å². The molecule has 0 spiro atoms. The third-order valence-electron chi connectivity index (χ3n) is 3.98. The molecule has 0 amide bonds. The Kier molecular flexibility index (Phi) is 4.78. The van der Waals surface area contributed by atoms with Gasteiger partial charge in [-0.15, -0.1) is 0 Å². The van der Waals surface area contributed by atoms with Crippen molar-refractivity contribution in [2.45, 2.75) is 51.7 Å². The molecule has 0 bridgehead atoms. The minimum absolute atomic E-state index is 0.670. The van der Waals surface area contributed by atoms with Gasteiger partial charge < -0.3 is 14.8 Å². The summed E-state index contributed by atoms with van der Waals surface area (Å²) in [6.45, 7) is 7.60. The first-order valence-corrected chi connectivity index (χ1v) is 7.14. The third kappa shape index (κ3) is 3.56. The van der Waals surface area contributed by atoms with Crippen molar-refractivity contribution >= 4 is 0 Å². The lowest BCUT2D eigenvalue weighted by atomic mass is 10.2. The Hall–Kier alpha value is -0.870. The number of hydrogen-bond donors (Lipinski definition) is 1. The van der Waals surface area contributed by atoms with E-state index in [2.05, 4.69) is 40.7 Å². The maximum Gasteiger partial charge on any atom is 0.0951 e. The molecule has 1 saturated carbocycles. The Morgan fingerprint density at radius 2 is 2.33 bits per heavy atom. The Labute approximate surface area is 110 Å². The van der Waals surface area contributed by atoms with Crippen LogP contribution in [0, 0.1) is 0 Å². The molecule has 1 aromatic rings. The van der Waals surface area contributed by atoms with Crippen LogP contribution in [0.15, 0.2) is 12.5 Å². The van der Waals surface area contributed by atoms with Gasteiger partial charge >= 0.3 is 0 Å². The SMILES string of the molecule is CCC(C)N(C)CCNCc1cncn1C1CC1. The Morgan fingerprint density at radius 3 is 3.00 bits per heavy atom. The molecule has 1 fully saturated rings. The topological polar surface area (TPSA) is 33.1 Å². The molecular formula is C14H26N4. The highest BCUT2D eigenvalue weighted by molar-refractivity contribution is 5.03. The van der Waals surface area contributed by atoms with Crippen molar-refractivity contribution in [1.29, 1.82) is 0 Å². The van der Waals surface area contributed by atoms with Crippen molar-refractivity contribution in [2.75, 3.05) is 20.1 Å². The second-order valence-corrected chi connectivity index (χ2v) is 5.44. The Balaban J connectivity index is 1.67. The summed E-state index contributed by atoms with van der Waals surface area (Å²) in [6, 6.07) is 1.40. The van der Waals surface area contributed by atoms with E-state index in [0.29, 0.717) is 6.04 Å². The molecule has 1 aliphatic rings. The molecule has 0 radical (unpaired) electrons. The lowest BCUT2D eigenvalue weighted by molar-refractivity contribution is 0.251. The molecule has 1 heterocycles. The van der Waals surface area contributed by atoms with Crippen LogP contribution in [0.3, 0.4) is 0 Å². The summed E-state index contributed by atoms with van der Waals surface area (Å²) < 4.78 is 2.32. The van der Waals surface area contributed by atoms with Gasteiger partial charge in [0.15, 0.2) is 0 Å². The fourth-order valence-electron chi connectivity index (χ4n) is 2.15. The highest BCUT2D eigenvalue weighted by Crippen LogP contribution is 2.35. The highest BCUT2D eigenvalue weighted by Gasteiger charge is 2.24. The molecule has 1 atom stereocenters. The first kappa shape index (κ1) is 13.6. The third-order valence-corrected chi connectivity index (χ3v) is 3.98. The number of nitrogens with zero attached hydrogens (tertiary/aromatic N) is 3. The highest BCUT2D eigenvalue weighted by atomic mass is 15.1. The number of likely N-dealkylation sites (N-methyl/N-ethyl adjacent to an activating group) is 1. The van der Waals surface area contributed by atoms with E-state index in [1.807, 2.05) is 12.5 Å². The fraction of sp³-hybridized carbons (Fsp3) is 0.786. The average molecular weight is 250 g/mol. The normalized spacial score (nSPS) is 17.3. The van der Waals surface area contributed by atoms with Gasteiger partial charge in [-0.05, 0) is 33.2 Å². The van der Waals surface area contributed by atoms with Crippen molar-refractivity contribution in [3.8, 4) is 0 Å². The van der Waals surface area contributed by atoms with E-state index in [9.17, 15) is 0 Å². The second kappa shape index (κ2) is 6.34. The van der Waals surface area contributed by atoms with Gasteiger partial charge in [-0.2, -0.15) is 0 Å². The summed E-state index contributed by atoms with van der Waals surface area (Å²) in [6.07, 6.45) is 7.81. The first-order chi connectivity index (χ1) is 8.72. The Bertz CT molecular complexity index is 356. The molecular weight excluding hydrogens is 224 g/mol. The molecule has 0 saturated heterocycles. The van der Waals surface area contributed by atoms with Crippen molar-refractivity contribution in [2.24, 2.45) is 0 Å². The predicted molar refractivity (Wildman–Crippen MR) is 74.6 cm³/mol. The van der Waals surface area contributed by atoms with Crippen LogP contribution in [-0.4, -0.2) is 40.6 Å². The maximum absolute atomic E-state index is 4.25. The van der Waals surface area contributed by atoms with Crippen molar-refractivity contribution in [3.63, 3.8) is 0 Å². The molecule has 1 aromatic heterocycles. The molecule has 4 heteroatoms. The quantitative estimate of drug-likeness (QED) is 0.717. The van der Waals surface area contributed by atoms with Gasteiger partial charge in [0.25, 0.3) is 0 Å². The van der Waals surface area contributed by atoms with Gasteiger partial charge in [0.2, 0.25) is 0 Å².